The fraction of sp³-hybridized carbons (Fsp3) is 0.389. The standard InChI is InChI=1S/C18H21ClN2O/c1-13(2)12-17(22)21-11-10-20-9-5-8-16(20)18(21)14-6-3-4-7-15(14)19/h3-9,13,18H,10-12H2,1-2H3. The second-order valence-corrected chi connectivity index (χ2v) is 6.64. The molecule has 22 heavy (non-hydrogen) atoms. The maximum atomic E-state index is 12.7. The number of carbonyl (C=O) groups is 1. The summed E-state index contributed by atoms with van der Waals surface area (Å²) in [7, 11) is 0. The SMILES string of the molecule is CC(C)CC(=O)N1CCn2cccc2C1c1ccccc1Cl. The Morgan fingerprint density at radius 2 is 2.00 bits per heavy atom. The predicted octanol–water partition coefficient (Wildman–Crippen LogP) is 4.12. The molecule has 4 heteroatoms. The van der Waals surface area contributed by atoms with Crippen molar-refractivity contribution in [2.45, 2.75) is 32.9 Å². The predicted molar refractivity (Wildman–Crippen MR) is 88.9 cm³/mol. The summed E-state index contributed by atoms with van der Waals surface area (Å²) in [6, 6.07) is 11.8. The summed E-state index contributed by atoms with van der Waals surface area (Å²) < 4.78 is 2.22. The number of halogens is 1. The number of amides is 1. The van der Waals surface area contributed by atoms with Gasteiger partial charge in [-0.15, -0.1) is 0 Å². The zero-order valence-corrected chi connectivity index (χ0v) is 13.8. The van der Waals surface area contributed by atoms with E-state index in [0.29, 0.717) is 17.4 Å². The number of rotatable bonds is 3. The number of hydrogen-bond acceptors (Lipinski definition) is 1. The zero-order valence-electron chi connectivity index (χ0n) is 13.0. The van der Waals surface area contributed by atoms with Crippen LogP contribution in [0.15, 0.2) is 42.6 Å². The molecule has 2 heterocycles. The summed E-state index contributed by atoms with van der Waals surface area (Å²) in [6.45, 7) is 5.72. The van der Waals surface area contributed by atoms with Crippen molar-refractivity contribution in [1.82, 2.24) is 9.47 Å². The quantitative estimate of drug-likeness (QED) is 0.836. The van der Waals surface area contributed by atoms with E-state index in [4.69, 9.17) is 11.6 Å². The van der Waals surface area contributed by atoms with Crippen LogP contribution in [0.3, 0.4) is 0 Å². The fourth-order valence-corrected chi connectivity index (χ4v) is 3.38. The molecule has 1 aliphatic heterocycles. The Hall–Kier alpha value is -1.74. The first-order chi connectivity index (χ1) is 10.6. The number of benzene rings is 1. The molecule has 0 saturated carbocycles. The lowest BCUT2D eigenvalue weighted by Crippen LogP contribution is -2.42. The van der Waals surface area contributed by atoms with Gasteiger partial charge in [-0.05, 0) is 29.7 Å². The largest absolute Gasteiger partial charge is 0.348 e. The van der Waals surface area contributed by atoms with Crippen LogP contribution in [0, 0.1) is 5.92 Å². The molecule has 1 unspecified atom stereocenters. The number of aromatic nitrogens is 1. The molecule has 0 N–H and O–H groups in total. The zero-order chi connectivity index (χ0) is 15.7. The van der Waals surface area contributed by atoms with Gasteiger partial charge >= 0.3 is 0 Å². The molecular formula is C18H21ClN2O. The normalized spacial score (nSPS) is 17.6. The van der Waals surface area contributed by atoms with Gasteiger partial charge in [-0.3, -0.25) is 4.79 Å². The minimum Gasteiger partial charge on any atom is -0.348 e. The van der Waals surface area contributed by atoms with Crippen molar-refractivity contribution in [2.24, 2.45) is 5.92 Å². The lowest BCUT2D eigenvalue weighted by atomic mass is 9.98. The summed E-state index contributed by atoms with van der Waals surface area (Å²) in [6.07, 6.45) is 2.64. The monoisotopic (exact) mass is 316 g/mol. The molecule has 0 bridgehead atoms. The second-order valence-electron chi connectivity index (χ2n) is 6.24. The van der Waals surface area contributed by atoms with Crippen molar-refractivity contribution in [1.29, 1.82) is 0 Å². The van der Waals surface area contributed by atoms with Crippen LogP contribution in [0.25, 0.3) is 0 Å². The molecule has 1 aromatic heterocycles. The molecule has 3 rings (SSSR count). The van der Waals surface area contributed by atoms with Gasteiger partial charge in [0.2, 0.25) is 5.91 Å². The molecule has 1 aliphatic rings. The van der Waals surface area contributed by atoms with E-state index in [2.05, 4.69) is 30.7 Å². The van der Waals surface area contributed by atoms with Crippen molar-refractivity contribution in [2.75, 3.05) is 6.54 Å². The van der Waals surface area contributed by atoms with Crippen molar-refractivity contribution in [3.8, 4) is 0 Å². The van der Waals surface area contributed by atoms with Crippen LogP contribution >= 0.6 is 11.6 Å². The van der Waals surface area contributed by atoms with Crippen LogP contribution in [0.1, 0.15) is 37.6 Å². The van der Waals surface area contributed by atoms with Crippen LogP contribution < -0.4 is 0 Å². The fourth-order valence-electron chi connectivity index (χ4n) is 3.14. The van der Waals surface area contributed by atoms with Gasteiger partial charge < -0.3 is 9.47 Å². The molecule has 2 aromatic rings. The Kier molecular flexibility index (Phi) is 4.25. The minimum absolute atomic E-state index is 0.0938. The topological polar surface area (TPSA) is 25.2 Å². The highest BCUT2D eigenvalue weighted by Gasteiger charge is 2.33. The van der Waals surface area contributed by atoms with Crippen LogP contribution in [0.4, 0.5) is 0 Å². The van der Waals surface area contributed by atoms with Gasteiger partial charge in [-0.25, -0.2) is 0 Å². The highest BCUT2D eigenvalue weighted by molar-refractivity contribution is 6.31. The van der Waals surface area contributed by atoms with Crippen LogP contribution in [-0.4, -0.2) is 21.9 Å². The number of fused-ring (bicyclic) bond motifs is 1. The number of hydrogen-bond donors (Lipinski definition) is 0. The van der Waals surface area contributed by atoms with Gasteiger partial charge in [-0.2, -0.15) is 0 Å². The smallest absolute Gasteiger partial charge is 0.223 e. The van der Waals surface area contributed by atoms with E-state index in [1.54, 1.807) is 0 Å². The Labute approximate surface area is 136 Å². The van der Waals surface area contributed by atoms with Crippen LogP contribution in [0.5, 0.6) is 0 Å². The molecular weight excluding hydrogens is 296 g/mol. The van der Waals surface area contributed by atoms with Crippen LogP contribution in [0.2, 0.25) is 5.02 Å². The van der Waals surface area contributed by atoms with E-state index in [-0.39, 0.29) is 11.9 Å². The third kappa shape index (κ3) is 2.78. The molecule has 3 nitrogen and oxygen atoms in total. The number of nitrogens with zero attached hydrogens (tertiary/aromatic N) is 2. The molecule has 1 atom stereocenters. The summed E-state index contributed by atoms with van der Waals surface area (Å²) in [4.78, 5) is 14.7. The second kappa shape index (κ2) is 6.17. The van der Waals surface area contributed by atoms with Crippen molar-refractivity contribution in [3.63, 3.8) is 0 Å². The van der Waals surface area contributed by atoms with Gasteiger partial charge in [-0.1, -0.05) is 43.6 Å². The lowest BCUT2D eigenvalue weighted by Gasteiger charge is -2.38. The third-order valence-corrected chi connectivity index (χ3v) is 4.49. The molecule has 0 radical (unpaired) electrons. The molecule has 1 aromatic carbocycles. The van der Waals surface area contributed by atoms with E-state index in [0.717, 1.165) is 24.3 Å². The molecule has 0 spiro atoms. The van der Waals surface area contributed by atoms with Crippen molar-refractivity contribution >= 4 is 17.5 Å². The summed E-state index contributed by atoms with van der Waals surface area (Å²) in [5.74, 6) is 0.556. The van der Waals surface area contributed by atoms with Gasteiger partial charge in [0, 0.05) is 36.4 Å². The highest BCUT2D eigenvalue weighted by atomic mass is 35.5. The van der Waals surface area contributed by atoms with Crippen LogP contribution in [-0.2, 0) is 11.3 Å². The van der Waals surface area contributed by atoms with E-state index in [9.17, 15) is 4.79 Å². The molecule has 116 valence electrons. The molecule has 1 amide bonds. The first-order valence-electron chi connectivity index (χ1n) is 7.77. The van der Waals surface area contributed by atoms with Gasteiger partial charge in [0.15, 0.2) is 0 Å². The minimum atomic E-state index is -0.0938. The third-order valence-electron chi connectivity index (χ3n) is 4.14. The Morgan fingerprint density at radius 3 is 2.73 bits per heavy atom. The van der Waals surface area contributed by atoms with E-state index in [1.807, 2.05) is 35.2 Å². The van der Waals surface area contributed by atoms with Crippen molar-refractivity contribution < 1.29 is 4.79 Å². The highest BCUT2D eigenvalue weighted by Crippen LogP contribution is 2.36. The summed E-state index contributed by atoms with van der Waals surface area (Å²) >= 11 is 6.42. The van der Waals surface area contributed by atoms with E-state index in [1.165, 1.54) is 0 Å². The van der Waals surface area contributed by atoms with Gasteiger partial charge in [0.05, 0.1) is 6.04 Å². The van der Waals surface area contributed by atoms with Crippen molar-refractivity contribution in [3.05, 3.63) is 58.9 Å². The Morgan fingerprint density at radius 1 is 1.23 bits per heavy atom. The summed E-state index contributed by atoms with van der Waals surface area (Å²) in [5.41, 5.74) is 2.14. The first kappa shape index (κ1) is 15.2. The Balaban J connectivity index is 2.04. The molecule has 0 saturated heterocycles. The average Bonchev–Trinajstić information content (AvgIpc) is 2.94. The molecule has 0 fully saturated rings. The average molecular weight is 317 g/mol. The summed E-state index contributed by atoms with van der Waals surface area (Å²) in [5, 5.41) is 0.712. The maximum absolute atomic E-state index is 12.7. The van der Waals surface area contributed by atoms with Gasteiger partial charge in [0.1, 0.15) is 0 Å². The van der Waals surface area contributed by atoms with Gasteiger partial charge in [0.25, 0.3) is 0 Å². The number of carbonyl (C=O) groups excluding carboxylic acids is 1. The molecule has 0 aliphatic carbocycles. The van der Waals surface area contributed by atoms with E-state index < -0.39 is 0 Å². The first-order valence-corrected chi connectivity index (χ1v) is 8.14. The van der Waals surface area contributed by atoms with E-state index >= 15 is 0 Å². The Bertz CT molecular complexity index is 677. The maximum Gasteiger partial charge on any atom is 0.223 e. The lowest BCUT2D eigenvalue weighted by molar-refractivity contribution is -0.134.